The number of benzene rings is 1. The van der Waals surface area contributed by atoms with E-state index in [1.165, 1.54) is 13.1 Å². The van der Waals surface area contributed by atoms with Crippen LogP contribution >= 0.6 is 11.3 Å². The number of carbonyl (C=O) groups is 1. The maximum absolute atomic E-state index is 13.5. The first-order valence-electron chi connectivity index (χ1n) is 7.49. The lowest BCUT2D eigenvalue weighted by Crippen LogP contribution is -2.15. The van der Waals surface area contributed by atoms with Gasteiger partial charge in [-0.3, -0.25) is 4.79 Å². The summed E-state index contributed by atoms with van der Waals surface area (Å²) in [6.07, 6.45) is -10.0. The van der Waals surface area contributed by atoms with Crippen molar-refractivity contribution in [3.63, 3.8) is 0 Å². The molecule has 0 atom stereocenters. The van der Waals surface area contributed by atoms with Crippen LogP contribution in [0, 0.1) is 0 Å². The zero-order valence-electron chi connectivity index (χ0n) is 13.9. The number of halogens is 6. The van der Waals surface area contributed by atoms with Crippen molar-refractivity contribution in [2.24, 2.45) is 0 Å². The van der Waals surface area contributed by atoms with Crippen LogP contribution in [0.15, 0.2) is 24.3 Å². The van der Waals surface area contributed by atoms with Crippen LogP contribution in [0.25, 0.3) is 21.5 Å². The second-order valence-electron chi connectivity index (χ2n) is 5.59. The number of nitrogens with zero attached hydrogens (tertiary/aromatic N) is 2. The van der Waals surface area contributed by atoms with E-state index in [0.29, 0.717) is 12.1 Å². The molecule has 3 N–H and O–H groups in total. The van der Waals surface area contributed by atoms with E-state index >= 15 is 0 Å². The number of aromatic nitrogens is 2. The Bertz CT molecular complexity index is 1070. The highest BCUT2D eigenvalue weighted by molar-refractivity contribution is 7.20. The number of anilines is 1. The largest absolute Gasteiger partial charge is 0.417 e. The van der Waals surface area contributed by atoms with Crippen molar-refractivity contribution in [2.75, 3.05) is 12.8 Å². The predicted molar refractivity (Wildman–Crippen MR) is 90.7 cm³/mol. The summed E-state index contributed by atoms with van der Waals surface area (Å²) >= 11 is 0.869. The van der Waals surface area contributed by atoms with Crippen LogP contribution in [0.3, 0.4) is 0 Å². The summed E-state index contributed by atoms with van der Waals surface area (Å²) in [5.74, 6) is -0.878. The molecule has 1 aromatic carbocycles. The van der Waals surface area contributed by atoms with Gasteiger partial charge in [0.15, 0.2) is 0 Å². The highest BCUT2D eigenvalue weighted by atomic mass is 32.1. The van der Waals surface area contributed by atoms with Crippen molar-refractivity contribution in [3.8, 4) is 11.3 Å². The second-order valence-corrected chi connectivity index (χ2v) is 6.63. The van der Waals surface area contributed by atoms with Crippen molar-refractivity contribution >= 4 is 33.4 Å². The topological polar surface area (TPSA) is 80.9 Å². The van der Waals surface area contributed by atoms with Gasteiger partial charge in [0.25, 0.3) is 5.91 Å². The summed E-state index contributed by atoms with van der Waals surface area (Å²) in [7, 11) is 1.37. The SMILES string of the molecule is CNC(=O)c1cc2c(-c3ccc(C(F)(F)F)cc3C(F)(F)F)nc(N)nc2s1. The Morgan fingerprint density at radius 3 is 2.32 bits per heavy atom. The van der Waals surface area contributed by atoms with Crippen molar-refractivity contribution in [3.05, 3.63) is 40.3 Å². The maximum atomic E-state index is 13.5. The molecule has 28 heavy (non-hydrogen) atoms. The van der Waals surface area contributed by atoms with Crippen molar-refractivity contribution in [1.29, 1.82) is 0 Å². The fraction of sp³-hybridized carbons (Fsp3) is 0.188. The molecule has 0 spiro atoms. The lowest BCUT2D eigenvalue weighted by atomic mass is 9.99. The Hall–Kier alpha value is -2.89. The third-order valence-corrected chi connectivity index (χ3v) is 4.80. The summed E-state index contributed by atoms with van der Waals surface area (Å²) in [4.78, 5) is 19.8. The Morgan fingerprint density at radius 1 is 1.07 bits per heavy atom. The molecular formula is C16H10F6N4OS. The molecule has 0 saturated heterocycles. The molecule has 5 nitrogen and oxygen atoms in total. The molecule has 148 valence electrons. The van der Waals surface area contributed by atoms with E-state index in [9.17, 15) is 31.1 Å². The number of amides is 1. The zero-order valence-corrected chi connectivity index (χ0v) is 14.7. The zero-order chi connectivity index (χ0) is 20.9. The van der Waals surface area contributed by atoms with E-state index in [-0.39, 0.29) is 32.8 Å². The van der Waals surface area contributed by atoms with Gasteiger partial charge in [0.2, 0.25) is 5.95 Å². The number of carbonyl (C=O) groups excluding carboxylic acids is 1. The first-order valence-corrected chi connectivity index (χ1v) is 8.31. The van der Waals surface area contributed by atoms with E-state index in [1.54, 1.807) is 0 Å². The highest BCUT2D eigenvalue weighted by Crippen LogP contribution is 2.42. The van der Waals surface area contributed by atoms with Crippen molar-refractivity contribution < 1.29 is 31.1 Å². The standard InChI is InChI=1S/C16H10F6N4OS/c1-24-12(27)10-5-8-11(25-14(23)26-13(8)28-10)7-3-2-6(15(17,18)19)4-9(7)16(20,21)22/h2-5H,1H3,(H,24,27)(H2,23,25,26). The predicted octanol–water partition coefficient (Wildman–Crippen LogP) is 4.34. The van der Waals surface area contributed by atoms with Crippen LogP contribution in [0.2, 0.25) is 0 Å². The minimum atomic E-state index is -5.08. The summed E-state index contributed by atoms with van der Waals surface area (Å²) in [5, 5.41) is 2.44. The summed E-state index contributed by atoms with van der Waals surface area (Å²) in [6.45, 7) is 0. The third-order valence-electron chi connectivity index (χ3n) is 3.77. The number of rotatable bonds is 2. The quantitative estimate of drug-likeness (QED) is 0.605. The Balaban J connectivity index is 2.32. The fourth-order valence-electron chi connectivity index (χ4n) is 2.54. The van der Waals surface area contributed by atoms with Gasteiger partial charge < -0.3 is 11.1 Å². The molecule has 1 amide bonds. The molecule has 12 heteroatoms. The monoisotopic (exact) mass is 420 g/mol. The second kappa shape index (κ2) is 6.62. The van der Waals surface area contributed by atoms with E-state index in [0.717, 1.165) is 11.3 Å². The van der Waals surface area contributed by atoms with Gasteiger partial charge in [-0.25, -0.2) is 9.97 Å². The lowest BCUT2D eigenvalue weighted by Gasteiger charge is -2.16. The molecule has 3 aromatic rings. The van der Waals surface area contributed by atoms with Crippen LogP contribution in [0.5, 0.6) is 0 Å². The minimum absolute atomic E-state index is 0.0193. The Kier molecular flexibility index (Phi) is 4.69. The van der Waals surface area contributed by atoms with E-state index < -0.39 is 35.0 Å². The molecule has 0 saturated carbocycles. The number of hydrogen-bond donors (Lipinski definition) is 2. The first kappa shape index (κ1) is 19.9. The number of nitrogens with one attached hydrogen (secondary N) is 1. The minimum Gasteiger partial charge on any atom is -0.368 e. The molecule has 0 aliphatic heterocycles. The van der Waals surface area contributed by atoms with Gasteiger partial charge in [-0.1, -0.05) is 6.07 Å². The highest BCUT2D eigenvalue weighted by Gasteiger charge is 2.39. The molecule has 2 aromatic heterocycles. The molecule has 0 fully saturated rings. The van der Waals surface area contributed by atoms with Crippen LogP contribution in [0.4, 0.5) is 32.3 Å². The van der Waals surface area contributed by atoms with Gasteiger partial charge in [-0.15, -0.1) is 11.3 Å². The Labute approximate surface area is 157 Å². The van der Waals surface area contributed by atoms with Gasteiger partial charge in [0, 0.05) is 18.0 Å². The molecule has 0 bridgehead atoms. The van der Waals surface area contributed by atoms with Gasteiger partial charge in [-0.05, 0) is 18.2 Å². The fourth-order valence-corrected chi connectivity index (χ4v) is 3.52. The number of fused-ring (bicyclic) bond motifs is 1. The number of nitrogens with two attached hydrogens (primary N) is 1. The molecule has 0 aliphatic carbocycles. The number of thiophene rings is 1. The van der Waals surface area contributed by atoms with E-state index in [4.69, 9.17) is 5.73 Å². The maximum Gasteiger partial charge on any atom is 0.417 e. The third kappa shape index (κ3) is 3.59. The van der Waals surface area contributed by atoms with Crippen molar-refractivity contribution in [1.82, 2.24) is 15.3 Å². The van der Waals surface area contributed by atoms with E-state index in [1.807, 2.05) is 0 Å². The number of nitrogen functional groups attached to an aromatic ring is 1. The van der Waals surface area contributed by atoms with Gasteiger partial charge in [0.05, 0.1) is 21.7 Å². The average Bonchev–Trinajstić information content (AvgIpc) is 3.02. The lowest BCUT2D eigenvalue weighted by molar-refractivity contribution is -0.142. The van der Waals surface area contributed by atoms with Crippen LogP contribution in [-0.4, -0.2) is 22.9 Å². The van der Waals surface area contributed by atoms with Gasteiger partial charge in [-0.2, -0.15) is 26.3 Å². The molecule has 0 aliphatic rings. The van der Waals surface area contributed by atoms with E-state index in [2.05, 4.69) is 15.3 Å². The Morgan fingerprint density at radius 2 is 1.75 bits per heavy atom. The smallest absolute Gasteiger partial charge is 0.368 e. The average molecular weight is 420 g/mol. The van der Waals surface area contributed by atoms with Gasteiger partial charge >= 0.3 is 12.4 Å². The van der Waals surface area contributed by atoms with Crippen molar-refractivity contribution in [2.45, 2.75) is 12.4 Å². The molecule has 3 rings (SSSR count). The van der Waals surface area contributed by atoms with Crippen LogP contribution < -0.4 is 11.1 Å². The molecule has 2 heterocycles. The summed E-state index contributed by atoms with van der Waals surface area (Å²) in [6, 6.07) is 2.50. The molecular weight excluding hydrogens is 410 g/mol. The normalized spacial score (nSPS) is 12.4. The summed E-state index contributed by atoms with van der Waals surface area (Å²) < 4.78 is 79.1. The number of alkyl halides is 6. The van der Waals surface area contributed by atoms with Crippen LogP contribution in [0.1, 0.15) is 20.8 Å². The molecule has 0 unspecified atom stereocenters. The summed E-state index contributed by atoms with van der Waals surface area (Å²) in [5.41, 5.74) is 1.69. The number of hydrogen-bond acceptors (Lipinski definition) is 5. The molecule has 0 radical (unpaired) electrons. The van der Waals surface area contributed by atoms with Crippen LogP contribution in [-0.2, 0) is 12.4 Å². The van der Waals surface area contributed by atoms with Gasteiger partial charge in [0.1, 0.15) is 4.83 Å². The first-order chi connectivity index (χ1) is 12.9.